The Bertz CT molecular complexity index is 472. The molecule has 4 heteroatoms. The molecular formula is C12H15N3S. The quantitative estimate of drug-likeness (QED) is 0.859. The van der Waals surface area contributed by atoms with Gasteiger partial charge in [-0.05, 0) is 17.9 Å². The Morgan fingerprint density at radius 3 is 3.31 bits per heavy atom. The number of nitrogens with two attached hydrogens (primary N) is 1. The summed E-state index contributed by atoms with van der Waals surface area (Å²) in [6.45, 7) is 1.03. The summed E-state index contributed by atoms with van der Waals surface area (Å²) in [4.78, 5) is 5.90. The Morgan fingerprint density at radius 1 is 1.56 bits per heavy atom. The van der Waals surface area contributed by atoms with Crippen molar-refractivity contribution in [3.05, 3.63) is 40.1 Å². The van der Waals surface area contributed by atoms with Gasteiger partial charge in [-0.1, -0.05) is 6.07 Å². The lowest BCUT2D eigenvalue weighted by atomic mass is 10.1. The molecule has 0 aromatic carbocycles. The van der Waals surface area contributed by atoms with Crippen LogP contribution in [0.15, 0.2) is 23.7 Å². The molecule has 1 aliphatic heterocycles. The van der Waals surface area contributed by atoms with Gasteiger partial charge in [0.2, 0.25) is 0 Å². The van der Waals surface area contributed by atoms with Crippen molar-refractivity contribution in [3.8, 4) is 0 Å². The zero-order valence-corrected chi connectivity index (χ0v) is 9.91. The van der Waals surface area contributed by atoms with E-state index in [1.807, 2.05) is 6.20 Å². The van der Waals surface area contributed by atoms with E-state index in [-0.39, 0.29) is 0 Å². The van der Waals surface area contributed by atoms with Gasteiger partial charge < -0.3 is 10.3 Å². The van der Waals surface area contributed by atoms with Gasteiger partial charge in [-0.2, -0.15) is 0 Å². The summed E-state index contributed by atoms with van der Waals surface area (Å²) in [6, 6.07) is 4.58. The van der Waals surface area contributed by atoms with Crippen LogP contribution in [0.2, 0.25) is 0 Å². The van der Waals surface area contributed by atoms with Gasteiger partial charge in [-0.15, -0.1) is 11.3 Å². The first-order valence-electron chi connectivity index (χ1n) is 5.64. The second-order valence-electron chi connectivity index (χ2n) is 4.33. The van der Waals surface area contributed by atoms with Crippen molar-refractivity contribution in [1.29, 1.82) is 0 Å². The Morgan fingerprint density at radius 2 is 2.50 bits per heavy atom. The van der Waals surface area contributed by atoms with Crippen LogP contribution in [0, 0.1) is 0 Å². The van der Waals surface area contributed by atoms with Crippen molar-refractivity contribution in [2.75, 3.05) is 0 Å². The highest BCUT2D eigenvalue weighted by Gasteiger charge is 2.18. The summed E-state index contributed by atoms with van der Waals surface area (Å²) in [6.07, 6.45) is 4.98. The molecule has 16 heavy (non-hydrogen) atoms. The van der Waals surface area contributed by atoms with E-state index in [9.17, 15) is 0 Å². The van der Waals surface area contributed by atoms with Gasteiger partial charge in [-0.3, -0.25) is 0 Å². The van der Waals surface area contributed by atoms with Crippen LogP contribution < -0.4 is 5.73 Å². The third kappa shape index (κ3) is 1.79. The second kappa shape index (κ2) is 4.03. The summed E-state index contributed by atoms with van der Waals surface area (Å²) in [5.41, 5.74) is 7.25. The highest BCUT2D eigenvalue weighted by molar-refractivity contribution is 7.09. The van der Waals surface area contributed by atoms with Gasteiger partial charge in [0.1, 0.15) is 5.82 Å². The van der Waals surface area contributed by atoms with Gasteiger partial charge in [-0.25, -0.2) is 4.98 Å². The van der Waals surface area contributed by atoms with E-state index in [1.54, 1.807) is 11.3 Å². The van der Waals surface area contributed by atoms with Crippen molar-refractivity contribution in [3.63, 3.8) is 0 Å². The molecule has 0 saturated carbocycles. The standard InChI is InChI=1S/C12H15N3S/c13-9-3-4-15-10(6-9)8-14-12(15)7-11-2-1-5-16-11/h1-2,5,8-9H,3-4,6-7,13H2. The van der Waals surface area contributed by atoms with Crippen molar-refractivity contribution in [2.45, 2.75) is 31.8 Å². The van der Waals surface area contributed by atoms with E-state index >= 15 is 0 Å². The third-order valence-electron chi connectivity index (χ3n) is 3.13. The molecule has 0 saturated heterocycles. The minimum Gasteiger partial charge on any atom is -0.332 e. The molecule has 0 bridgehead atoms. The summed E-state index contributed by atoms with van der Waals surface area (Å²) in [5, 5.41) is 2.12. The minimum absolute atomic E-state index is 0.318. The molecule has 3 nitrogen and oxygen atoms in total. The van der Waals surface area contributed by atoms with E-state index in [1.165, 1.54) is 16.4 Å². The molecule has 0 spiro atoms. The zero-order valence-electron chi connectivity index (χ0n) is 9.10. The normalized spacial score (nSPS) is 19.7. The maximum absolute atomic E-state index is 5.96. The number of imidazole rings is 1. The van der Waals surface area contributed by atoms with E-state index in [0.29, 0.717) is 6.04 Å². The van der Waals surface area contributed by atoms with E-state index in [0.717, 1.165) is 25.8 Å². The number of thiophene rings is 1. The number of nitrogens with zero attached hydrogens (tertiary/aromatic N) is 2. The zero-order chi connectivity index (χ0) is 11.0. The van der Waals surface area contributed by atoms with Crippen molar-refractivity contribution < 1.29 is 0 Å². The summed E-state index contributed by atoms with van der Waals surface area (Å²) < 4.78 is 2.34. The summed E-state index contributed by atoms with van der Waals surface area (Å²) >= 11 is 1.79. The highest BCUT2D eigenvalue weighted by atomic mass is 32.1. The molecule has 0 radical (unpaired) electrons. The van der Waals surface area contributed by atoms with Crippen LogP contribution >= 0.6 is 11.3 Å². The first-order valence-corrected chi connectivity index (χ1v) is 6.52. The van der Waals surface area contributed by atoms with Crippen molar-refractivity contribution in [2.24, 2.45) is 5.73 Å². The van der Waals surface area contributed by atoms with Crippen LogP contribution in [0.4, 0.5) is 0 Å². The van der Waals surface area contributed by atoms with Gasteiger partial charge in [0.25, 0.3) is 0 Å². The first-order chi connectivity index (χ1) is 7.83. The fraction of sp³-hybridized carbons (Fsp3) is 0.417. The van der Waals surface area contributed by atoms with Crippen LogP contribution in [0.1, 0.15) is 22.8 Å². The van der Waals surface area contributed by atoms with Gasteiger partial charge in [0, 0.05) is 42.2 Å². The number of rotatable bonds is 2. The molecule has 1 atom stereocenters. The second-order valence-corrected chi connectivity index (χ2v) is 5.36. The number of hydrogen-bond acceptors (Lipinski definition) is 3. The highest BCUT2D eigenvalue weighted by Crippen LogP contribution is 2.20. The van der Waals surface area contributed by atoms with Crippen molar-refractivity contribution in [1.82, 2.24) is 9.55 Å². The fourth-order valence-electron chi connectivity index (χ4n) is 2.27. The predicted octanol–water partition coefficient (Wildman–Crippen LogP) is 1.81. The summed E-state index contributed by atoms with van der Waals surface area (Å²) in [7, 11) is 0. The Hall–Kier alpha value is -1.13. The number of aromatic nitrogens is 2. The largest absolute Gasteiger partial charge is 0.332 e. The van der Waals surface area contributed by atoms with Crippen LogP contribution in [-0.2, 0) is 19.4 Å². The molecule has 0 aliphatic carbocycles. The van der Waals surface area contributed by atoms with Gasteiger partial charge in [0.05, 0.1) is 0 Å². The summed E-state index contributed by atoms with van der Waals surface area (Å²) in [5.74, 6) is 1.18. The van der Waals surface area contributed by atoms with E-state index in [2.05, 4.69) is 27.1 Å². The molecule has 3 rings (SSSR count). The van der Waals surface area contributed by atoms with Crippen LogP contribution in [0.25, 0.3) is 0 Å². The molecule has 0 amide bonds. The molecule has 2 aromatic rings. The molecule has 1 unspecified atom stereocenters. The molecular weight excluding hydrogens is 218 g/mol. The van der Waals surface area contributed by atoms with Crippen LogP contribution in [-0.4, -0.2) is 15.6 Å². The maximum Gasteiger partial charge on any atom is 0.114 e. The lowest BCUT2D eigenvalue weighted by Crippen LogP contribution is -2.31. The average Bonchev–Trinajstić information content (AvgIpc) is 2.89. The smallest absolute Gasteiger partial charge is 0.114 e. The average molecular weight is 233 g/mol. The topological polar surface area (TPSA) is 43.8 Å². The Labute approximate surface area is 98.9 Å². The molecule has 2 N–H and O–H groups in total. The molecule has 84 valence electrons. The lowest BCUT2D eigenvalue weighted by molar-refractivity contribution is 0.462. The minimum atomic E-state index is 0.318. The third-order valence-corrected chi connectivity index (χ3v) is 4.00. The lowest BCUT2D eigenvalue weighted by Gasteiger charge is -2.21. The van der Waals surface area contributed by atoms with Gasteiger partial charge in [0.15, 0.2) is 0 Å². The monoisotopic (exact) mass is 233 g/mol. The number of hydrogen-bond donors (Lipinski definition) is 1. The van der Waals surface area contributed by atoms with Gasteiger partial charge >= 0.3 is 0 Å². The van der Waals surface area contributed by atoms with Crippen molar-refractivity contribution >= 4 is 11.3 Å². The number of fused-ring (bicyclic) bond motifs is 1. The SMILES string of the molecule is NC1CCn2c(cnc2Cc2cccs2)C1. The molecule has 2 aromatic heterocycles. The van der Waals surface area contributed by atoms with E-state index in [4.69, 9.17) is 5.73 Å². The predicted molar refractivity (Wildman–Crippen MR) is 65.6 cm³/mol. The fourth-order valence-corrected chi connectivity index (χ4v) is 2.97. The Balaban J connectivity index is 1.86. The maximum atomic E-state index is 5.96. The van der Waals surface area contributed by atoms with Crippen LogP contribution in [0.3, 0.4) is 0 Å². The van der Waals surface area contributed by atoms with E-state index < -0.39 is 0 Å². The molecule has 3 heterocycles. The first kappa shape index (κ1) is 10.1. The van der Waals surface area contributed by atoms with Crippen LogP contribution in [0.5, 0.6) is 0 Å². The molecule has 1 aliphatic rings. The Kier molecular flexibility index (Phi) is 2.53. The molecule has 0 fully saturated rings.